The Labute approximate surface area is 96.5 Å². The summed E-state index contributed by atoms with van der Waals surface area (Å²) in [5, 5.41) is 10.5. The van der Waals surface area contributed by atoms with Crippen molar-refractivity contribution in [3.63, 3.8) is 0 Å². The second kappa shape index (κ2) is 4.56. The van der Waals surface area contributed by atoms with Crippen LogP contribution >= 0.6 is 0 Å². The van der Waals surface area contributed by atoms with E-state index in [1.54, 1.807) is 18.2 Å². The second-order valence-corrected chi connectivity index (χ2v) is 3.34. The highest BCUT2D eigenvalue weighted by Crippen LogP contribution is 2.23. The van der Waals surface area contributed by atoms with Crippen molar-refractivity contribution in [2.75, 3.05) is 0 Å². The minimum absolute atomic E-state index is 0.282. The van der Waals surface area contributed by atoms with Crippen molar-refractivity contribution in [3.8, 4) is 0 Å². The van der Waals surface area contributed by atoms with Gasteiger partial charge in [0, 0.05) is 18.2 Å². The van der Waals surface area contributed by atoms with Crippen LogP contribution in [0.25, 0.3) is 5.57 Å². The number of rotatable bonds is 4. The van der Waals surface area contributed by atoms with E-state index in [-0.39, 0.29) is 5.88 Å². The molecule has 0 saturated heterocycles. The first-order valence-electron chi connectivity index (χ1n) is 4.88. The molecule has 0 aliphatic carbocycles. The molecule has 0 fully saturated rings. The van der Waals surface area contributed by atoms with Gasteiger partial charge in [0.1, 0.15) is 16.4 Å². The molecule has 0 bridgehead atoms. The zero-order valence-corrected chi connectivity index (χ0v) is 8.83. The largest absolute Gasteiger partial charge is 0.465 e. The Balaban J connectivity index is 2.17. The van der Waals surface area contributed by atoms with E-state index in [1.807, 2.05) is 0 Å². The molecule has 2 aromatic heterocycles. The lowest BCUT2D eigenvalue weighted by Gasteiger charge is -1.99. The average molecular weight is 234 g/mol. The number of furan rings is 2. The Hall–Kier alpha value is -2.50. The lowest BCUT2D eigenvalue weighted by atomic mass is 10.1. The van der Waals surface area contributed by atoms with Crippen molar-refractivity contribution in [2.45, 2.75) is 6.42 Å². The quantitative estimate of drug-likeness (QED) is 0.646. The normalized spacial score (nSPS) is 11.6. The van der Waals surface area contributed by atoms with Gasteiger partial charge in [0.05, 0.1) is 12.3 Å². The number of nitrogens with zero attached hydrogens (tertiary/aromatic N) is 1. The Kier molecular flexibility index (Phi) is 2.95. The summed E-state index contributed by atoms with van der Waals surface area (Å²) in [7, 11) is 0. The summed E-state index contributed by atoms with van der Waals surface area (Å²) in [5.74, 6) is 0.798. The third-order valence-electron chi connectivity index (χ3n) is 2.23. The number of hydrogen-bond acceptors (Lipinski definition) is 5. The van der Waals surface area contributed by atoms with Gasteiger partial charge in [-0.15, -0.1) is 0 Å². The maximum absolute atomic E-state index is 10.5. The Morgan fingerprint density at radius 2 is 2.29 bits per heavy atom. The molecule has 0 atom stereocenters. The van der Waals surface area contributed by atoms with Gasteiger partial charge in [-0.05, 0) is 18.2 Å². The zero-order valence-electron chi connectivity index (χ0n) is 8.83. The molecule has 0 spiro atoms. The first-order valence-corrected chi connectivity index (χ1v) is 4.88. The van der Waals surface area contributed by atoms with Crippen molar-refractivity contribution in [1.82, 2.24) is 0 Å². The third-order valence-corrected chi connectivity index (χ3v) is 2.23. The van der Waals surface area contributed by atoms with Gasteiger partial charge in [0.15, 0.2) is 0 Å². The number of allylic oxidation sites excluding steroid dienone is 1. The lowest BCUT2D eigenvalue weighted by Crippen LogP contribution is -1.92. The second-order valence-electron chi connectivity index (χ2n) is 3.34. The molecule has 0 radical (unpaired) electrons. The lowest BCUT2D eigenvalue weighted by molar-refractivity contribution is -0.402. The van der Waals surface area contributed by atoms with E-state index in [1.165, 1.54) is 18.5 Å². The Bertz CT molecular complexity index is 540. The molecule has 0 unspecified atom stereocenters. The minimum atomic E-state index is -0.581. The first kappa shape index (κ1) is 11.0. The van der Waals surface area contributed by atoms with E-state index >= 15 is 0 Å². The van der Waals surface area contributed by atoms with Gasteiger partial charge >= 0.3 is 5.88 Å². The predicted molar refractivity (Wildman–Crippen MR) is 59.9 cm³/mol. The molecule has 2 rings (SSSR count). The van der Waals surface area contributed by atoms with E-state index in [9.17, 15) is 10.1 Å². The molecule has 6 heteroatoms. The van der Waals surface area contributed by atoms with Gasteiger partial charge in [-0.2, -0.15) is 0 Å². The minimum Gasteiger partial charge on any atom is -0.465 e. The molecule has 88 valence electrons. The standard InChI is InChI=1S/C11H10N2O4/c12-7-8(10-2-1-5-16-10)6-9-3-4-11(17-9)13(14)15/h1-5,7H,6,12H2. The van der Waals surface area contributed by atoms with E-state index < -0.39 is 4.92 Å². The molecule has 6 nitrogen and oxygen atoms in total. The van der Waals surface area contributed by atoms with E-state index in [0.717, 1.165) is 0 Å². The predicted octanol–water partition coefficient (Wildman–Crippen LogP) is 2.32. The molecule has 0 amide bonds. The Morgan fingerprint density at radius 1 is 1.47 bits per heavy atom. The molecule has 0 aliphatic rings. The van der Waals surface area contributed by atoms with Crippen molar-refractivity contribution < 1.29 is 13.8 Å². The number of nitro groups is 1. The Morgan fingerprint density at radius 3 is 2.82 bits per heavy atom. The van der Waals surface area contributed by atoms with E-state index in [2.05, 4.69) is 0 Å². The molecular formula is C11H10N2O4. The van der Waals surface area contributed by atoms with Crippen LogP contribution in [0.5, 0.6) is 0 Å². The summed E-state index contributed by atoms with van der Waals surface area (Å²) in [4.78, 5) is 9.87. The molecule has 0 saturated carbocycles. The van der Waals surface area contributed by atoms with Crippen molar-refractivity contribution in [2.24, 2.45) is 5.73 Å². The van der Waals surface area contributed by atoms with Crippen LogP contribution in [-0.2, 0) is 6.42 Å². The van der Waals surface area contributed by atoms with E-state index in [4.69, 9.17) is 14.6 Å². The zero-order chi connectivity index (χ0) is 12.3. The molecule has 0 aromatic carbocycles. The summed E-state index contributed by atoms with van der Waals surface area (Å²) in [6.07, 6.45) is 3.27. The molecule has 17 heavy (non-hydrogen) atoms. The summed E-state index contributed by atoms with van der Waals surface area (Å²) >= 11 is 0. The maximum Gasteiger partial charge on any atom is 0.433 e. The van der Waals surface area contributed by atoms with Crippen LogP contribution in [0.3, 0.4) is 0 Å². The average Bonchev–Trinajstić information content (AvgIpc) is 2.96. The topological polar surface area (TPSA) is 95.4 Å². The van der Waals surface area contributed by atoms with Gasteiger partial charge < -0.3 is 14.6 Å². The van der Waals surface area contributed by atoms with Crippen LogP contribution in [0.4, 0.5) is 5.88 Å². The van der Waals surface area contributed by atoms with E-state index in [0.29, 0.717) is 23.5 Å². The van der Waals surface area contributed by atoms with Crippen LogP contribution in [0.2, 0.25) is 0 Å². The summed E-state index contributed by atoms with van der Waals surface area (Å²) in [6, 6.07) is 6.36. The fraction of sp³-hybridized carbons (Fsp3) is 0.0909. The van der Waals surface area contributed by atoms with Crippen molar-refractivity contribution in [3.05, 3.63) is 58.4 Å². The molecule has 2 N–H and O–H groups in total. The smallest absolute Gasteiger partial charge is 0.433 e. The fourth-order valence-electron chi connectivity index (χ4n) is 1.44. The monoisotopic (exact) mass is 234 g/mol. The van der Waals surface area contributed by atoms with Crippen LogP contribution in [0, 0.1) is 10.1 Å². The first-order chi connectivity index (χ1) is 8.20. The van der Waals surface area contributed by atoms with Gasteiger partial charge in [-0.1, -0.05) is 0 Å². The summed E-state index contributed by atoms with van der Waals surface area (Å²) < 4.78 is 10.2. The number of nitrogens with two attached hydrogens (primary N) is 1. The summed E-state index contributed by atoms with van der Waals surface area (Å²) in [6.45, 7) is 0. The fourth-order valence-corrected chi connectivity index (χ4v) is 1.44. The van der Waals surface area contributed by atoms with Crippen molar-refractivity contribution in [1.29, 1.82) is 0 Å². The van der Waals surface area contributed by atoms with Crippen LogP contribution in [0.1, 0.15) is 11.5 Å². The van der Waals surface area contributed by atoms with Gasteiger partial charge in [-0.25, -0.2) is 0 Å². The highest BCUT2D eigenvalue weighted by molar-refractivity contribution is 5.62. The van der Waals surface area contributed by atoms with Gasteiger partial charge in [-0.3, -0.25) is 10.1 Å². The van der Waals surface area contributed by atoms with Gasteiger partial charge in [0.25, 0.3) is 0 Å². The van der Waals surface area contributed by atoms with Crippen LogP contribution < -0.4 is 5.73 Å². The van der Waals surface area contributed by atoms with Crippen LogP contribution in [-0.4, -0.2) is 4.92 Å². The highest BCUT2D eigenvalue weighted by Gasteiger charge is 2.14. The van der Waals surface area contributed by atoms with Crippen molar-refractivity contribution >= 4 is 11.5 Å². The number of hydrogen-bond donors (Lipinski definition) is 1. The SMILES string of the molecule is NC=C(Cc1ccc([N+](=O)[O-])o1)c1ccco1. The molecular weight excluding hydrogens is 224 g/mol. The molecule has 0 aliphatic heterocycles. The summed E-state index contributed by atoms with van der Waals surface area (Å²) in [5.41, 5.74) is 6.19. The molecule has 2 heterocycles. The maximum atomic E-state index is 10.5. The third kappa shape index (κ3) is 2.36. The van der Waals surface area contributed by atoms with Crippen LogP contribution in [0.15, 0.2) is 45.6 Å². The molecule has 2 aromatic rings. The highest BCUT2D eigenvalue weighted by atomic mass is 16.6. The van der Waals surface area contributed by atoms with Gasteiger partial charge in [0.2, 0.25) is 0 Å².